The van der Waals surface area contributed by atoms with E-state index in [2.05, 4.69) is 0 Å². The number of ether oxygens (including phenoxy) is 2. The molecule has 1 heterocycles. The number of rotatable bonds is 4. The van der Waals surface area contributed by atoms with E-state index in [-0.39, 0.29) is 12.6 Å². The van der Waals surface area contributed by atoms with E-state index in [1.165, 1.54) is 0 Å². The van der Waals surface area contributed by atoms with Crippen molar-refractivity contribution in [2.75, 3.05) is 6.79 Å². The van der Waals surface area contributed by atoms with Crippen LogP contribution in [-0.2, 0) is 4.79 Å². The molecule has 1 aliphatic carbocycles. The molecule has 0 spiro atoms. The summed E-state index contributed by atoms with van der Waals surface area (Å²) in [6, 6.07) is 12.7. The van der Waals surface area contributed by atoms with Crippen LogP contribution in [0.15, 0.2) is 48.0 Å². The molecule has 0 saturated heterocycles. The quantitative estimate of drug-likeness (QED) is 0.635. The monoisotopic (exact) mass is 320 g/mol. The Labute approximate surface area is 139 Å². The lowest BCUT2D eigenvalue weighted by molar-refractivity contribution is -0.104. The van der Waals surface area contributed by atoms with Gasteiger partial charge in [0.15, 0.2) is 17.3 Å². The number of carbonyl (C=O) groups excluding carboxylic acids is 2. The number of fused-ring (bicyclic) bond motifs is 1. The van der Waals surface area contributed by atoms with Crippen LogP contribution in [0.3, 0.4) is 0 Å². The Morgan fingerprint density at radius 1 is 1.00 bits per heavy atom. The number of benzene rings is 2. The van der Waals surface area contributed by atoms with Gasteiger partial charge in [-0.2, -0.15) is 0 Å². The third-order valence-corrected chi connectivity index (χ3v) is 4.52. The fourth-order valence-electron chi connectivity index (χ4n) is 3.33. The van der Waals surface area contributed by atoms with Crippen LogP contribution in [0, 0.1) is 0 Å². The zero-order valence-electron chi connectivity index (χ0n) is 13.1. The first-order valence-corrected chi connectivity index (χ1v) is 7.99. The molecule has 0 bridgehead atoms. The molecule has 2 aliphatic rings. The number of hydrogen-bond acceptors (Lipinski definition) is 4. The summed E-state index contributed by atoms with van der Waals surface area (Å²) >= 11 is 0. The average molecular weight is 320 g/mol. The number of aldehydes is 1. The summed E-state index contributed by atoms with van der Waals surface area (Å²) in [6.45, 7) is 0.150. The second-order valence-corrected chi connectivity index (χ2v) is 5.92. The summed E-state index contributed by atoms with van der Waals surface area (Å²) in [5, 5.41) is 0. The molecular formula is C20H16O4. The predicted octanol–water partition coefficient (Wildman–Crippen LogP) is 3.78. The summed E-state index contributed by atoms with van der Waals surface area (Å²) in [5.41, 5.74) is 3.68. The minimum atomic E-state index is -0.0754. The van der Waals surface area contributed by atoms with Crippen molar-refractivity contribution in [3.8, 4) is 11.5 Å². The normalized spacial score (nSPS) is 15.7. The van der Waals surface area contributed by atoms with Gasteiger partial charge in [0.2, 0.25) is 6.79 Å². The number of ketones is 1. The van der Waals surface area contributed by atoms with Crippen LogP contribution >= 0.6 is 0 Å². The zero-order valence-corrected chi connectivity index (χ0v) is 13.1. The van der Waals surface area contributed by atoms with E-state index in [1.54, 1.807) is 18.2 Å². The van der Waals surface area contributed by atoms with Gasteiger partial charge >= 0.3 is 0 Å². The average Bonchev–Trinajstić information content (AvgIpc) is 3.28. The molecule has 0 aromatic heterocycles. The van der Waals surface area contributed by atoms with Gasteiger partial charge in [-0.1, -0.05) is 30.3 Å². The minimum Gasteiger partial charge on any atom is -0.454 e. The molecule has 0 saturated carbocycles. The van der Waals surface area contributed by atoms with Gasteiger partial charge in [0.05, 0.1) is 0 Å². The topological polar surface area (TPSA) is 52.6 Å². The van der Waals surface area contributed by atoms with E-state index in [1.807, 2.05) is 24.3 Å². The Morgan fingerprint density at radius 3 is 2.50 bits per heavy atom. The van der Waals surface area contributed by atoms with Crippen LogP contribution in [0.2, 0.25) is 0 Å². The molecule has 0 N–H and O–H groups in total. The molecule has 4 heteroatoms. The Bertz CT molecular complexity index is 849. The highest BCUT2D eigenvalue weighted by Gasteiger charge is 2.26. The predicted molar refractivity (Wildman–Crippen MR) is 89.3 cm³/mol. The molecule has 0 fully saturated rings. The van der Waals surface area contributed by atoms with Crippen molar-refractivity contribution < 1.29 is 19.1 Å². The highest BCUT2D eigenvalue weighted by Crippen LogP contribution is 2.42. The SMILES string of the molecule is O=CC1=C(c2cc3c(cc2C(=O)c2ccccc2)OCO3)CCC1. The smallest absolute Gasteiger partial charge is 0.231 e. The molecule has 1 aliphatic heterocycles. The standard InChI is InChI=1S/C20H16O4/c21-11-14-7-4-8-15(14)16-9-18-19(24-12-23-18)10-17(16)20(22)13-5-2-1-3-6-13/h1-3,5-6,9-11H,4,7-8,12H2. The van der Waals surface area contributed by atoms with Crippen molar-refractivity contribution in [3.05, 3.63) is 64.7 Å². The van der Waals surface area contributed by atoms with Gasteiger partial charge in [0.1, 0.15) is 6.29 Å². The zero-order chi connectivity index (χ0) is 16.5. The maximum Gasteiger partial charge on any atom is 0.231 e. The van der Waals surface area contributed by atoms with E-state index in [0.29, 0.717) is 22.6 Å². The van der Waals surface area contributed by atoms with E-state index in [0.717, 1.165) is 42.3 Å². The van der Waals surface area contributed by atoms with E-state index in [9.17, 15) is 9.59 Å². The molecule has 24 heavy (non-hydrogen) atoms. The first-order valence-electron chi connectivity index (χ1n) is 7.99. The lowest BCUT2D eigenvalue weighted by Gasteiger charge is -2.12. The molecule has 2 aromatic rings. The van der Waals surface area contributed by atoms with Crippen molar-refractivity contribution in [2.24, 2.45) is 0 Å². The second kappa shape index (κ2) is 5.96. The van der Waals surface area contributed by atoms with Crippen LogP contribution in [0.25, 0.3) is 5.57 Å². The van der Waals surface area contributed by atoms with E-state index < -0.39 is 0 Å². The van der Waals surface area contributed by atoms with Crippen LogP contribution in [0.1, 0.15) is 40.7 Å². The van der Waals surface area contributed by atoms with Crippen molar-refractivity contribution in [1.82, 2.24) is 0 Å². The van der Waals surface area contributed by atoms with Gasteiger partial charge in [-0.3, -0.25) is 9.59 Å². The van der Waals surface area contributed by atoms with E-state index in [4.69, 9.17) is 9.47 Å². The van der Waals surface area contributed by atoms with E-state index >= 15 is 0 Å². The van der Waals surface area contributed by atoms with Gasteiger partial charge in [-0.25, -0.2) is 0 Å². The summed E-state index contributed by atoms with van der Waals surface area (Å²) in [7, 11) is 0. The Kier molecular flexibility index (Phi) is 3.65. The molecular weight excluding hydrogens is 304 g/mol. The highest BCUT2D eigenvalue weighted by atomic mass is 16.7. The molecule has 4 rings (SSSR count). The largest absolute Gasteiger partial charge is 0.454 e. The first kappa shape index (κ1) is 14.7. The number of carbonyl (C=O) groups is 2. The third-order valence-electron chi connectivity index (χ3n) is 4.52. The molecule has 0 atom stereocenters. The molecule has 120 valence electrons. The molecule has 0 unspecified atom stereocenters. The highest BCUT2D eigenvalue weighted by molar-refractivity contribution is 6.13. The van der Waals surface area contributed by atoms with Crippen LogP contribution < -0.4 is 9.47 Å². The second-order valence-electron chi connectivity index (χ2n) is 5.92. The molecule has 0 radical (unpaired) electrons. The Morgan fingerprint density at radius 2 is 1.75 bits per heavy atom. The lowest BCUT2D eigenvalue weighted by atomic mass is 9.91. The number of allylic oxidation sites excluding steroid dienone is 2. The maximum absolute atomic E-state index is 13.0. The Hall–Kier alpha value is -2.88. The third kappa shape index (κ3) is 2.40. The van der Waals surface area contributed by atoms with Crippen molar-refractivity contribution in [1.29, 1.82) is 0 Å². The molecule has 2 aromatic carbocycles. The van der Waals surface area contributed by atoms with Crippen molar-refractivity contribution in [3.63, 3.8) is 0 Å². The van der Waals surface area contributed by atoms with Gasteiger partial charge in [0.25, 0.3) is 0 Å². The summed E-state index contributed by atoms with van der Waals surface area (Å²) in [5.74, 6) is 1.12. The van der Waals surface area contributed by atoms with Crippen LogP contribution in [0.4, 0.5) is 0 Å². The summed E-state index contributed by atoms with van der Waals surface area (Å²) < 4.78 is 10.9. The summed E-state index contributed by atoms with van der Waals surface area (Å²) in [6.07, 6.45) is 3.38. The van der Waals surface area contributed by atoms with Gasteiger partial charge in [-0.05, 0) is 48.1 Å². The fourth-order valence-corrected chi connectivity index (χ4v) is 3.33. The minimum absolute atomic E-state index is 0.0754. The first-order chi connectivity index (χ1) is 11.8. The fraction of sp³-hybridized carbons (Fsp3) is 0.200. The lowest BCUT2D eigenvalue weighted by Crippen LogP contribution is -2.06. The van der Waals surface area contributed by atoms with Crippen LogP contribution in [-0.4, -0.2) is 18.9 Å². The van der Waals surface area contributed by atoms with Crippen molar-refractivity contribution >= 4 is 17.6 Å². The van der Waals surface area contributed by atoms with Gasteiger partial charge < -0.3 is 9.47 Å². The summed E-state index contributed by atoms with van der Waals surface area (Å²) in [4.78, 5) is 24.4. The van der Waals surface area contributed by atoms with Gasteiger partial charge in [-0.15, -0.1) is 0 Å². The van der Waals surface area contributed by atoms with Crippen LogP contribution in [0.5, 0.6) is 11.5 Å². The maximum atomic E-state index is 13.0. The number of hydrogen-bond donors (Lipinski definition) is 0. The van der Waals surface area contributed by atoms with Gasteiger partial charge in [0, 0.05) is 11.1 Å². The molecule has 0 amide bonds. The molecule has 4 nitrogen and oxygen atoms in total. The Balaban J connectivity index is 1.89. The van der Waals surface area contributed by atoms with Crippen molar-refractivity contribution in [2.45, 2.75) is 19.3 Å².